The molecule has 1 heterocycles. The fraction of sp³-hybridized carbons (Fsp3) is 0.900. The maximum Gasteiger partial charge on any atom is 0.224 e. The Bertz CT molecular complexity index is 184. The molecule has 1 atom stereocenters. The van der Waals surface area contributed by atoms with Crippen LogP contribution in [0.2, 0.25) is 0 Å². The Morgan fingerprint density at radius 1 is 1.64 bits per heavy atom. The van der Waals surface area contributed by atoms with Crippen LogP contribution in [-0.4, -0.2) is 44.0 Å². The highest BCUT2D eigenvalue weighted by atomic mass is 16.1. The minimum Gasteiger partial charge on any atom is -0.359 e. The normalized spacial score (nSPS) is 23.4. The van der Waals surface area contributed by atoms with Crippen molar-refractivity contribution in [3.05, 3.63) is 0 Å². The first-order chi connectivity index (χ1) is 6.77. The molecular weight excluding hydrogens is 178 g/mol. The molecule has 14 heavy (non-hydrogen) atoms. The van der Waals surface area contributed by atoms with Crippen molar-refractivity contribution >= 4 is 5.91 Å². The van der Waals surface area contributed by atoms with Crippen molar-refractivity contribution in [3.8, 4) is 0 Å². The van der Waals surface area contributed by atoms with Crippen LogP contribution in [0.1, 0.15) is 19.3 Å². The van der Waals surface area contributed by atoms with Crippen LogP contribution in [0.5, 0.6) is 0 Å². The summed E-state index contributed by atoms with van der Waals surface area (Å²) in [7, 11) is 1.71. The molecule has 0 saturated carbocycles. The zero-order valence-corrected chi connectivity index (χ0v) is 8.96. The van der Waals surface area contributed by atoms with Gasteiger partial charge in [-0.2, -0.15) is 0 Å². The molecule has 1 unspecified atom stereocenters. The van der Waals surface area contributed by atoms with Gasteiger partial charge in [-0.25, -0.2) is 0 Å². The molecule has 1 saturated heterocycles. The standard InChI is InChI=1S/C10H21N3O/c1-12-10(14)9-4-2-6-13(8-9)7-3-5-11/h9H,2-8,11H2,1H3,(H,12,14). The zero-order chi connectivity index (χ0) is 10.4. The van der Waals surface area contributed by atoms with E-state index in [0.29, 0.717) is 0 Å². The second-order valence-electron chi connectivity index (χ2n) is 3.90. The van der Waals surface area contributed by atoms with Crippen LogP contribution in [0.3, 0.4) is 0 Å². The van der Waals surface area contributed by atoms with Crippen molar-refractivity contribution in [1.82, 2.24) is 10.2 Å². The lowest BCUT2D eigenvalue weighted by Gasteiger charge is -2.31. The molecule has 0 aromatic carbocycles. The van der Waals surface area contributed by atoms with E-state index in [1.165, 1.54) is 0 Å². The summed E-state index contributed by atoms with van der Waals surface area (Å²) in [6.45, 7) is 3.79. The first-order valence-electron chi connectivity index (χ1n) is 5.42. The fourth-order valence-corrected chi connectivity index (χ4v) is 1.99. The number of piperidine rings is 1. The van der Waals surface area contributed by atoms with Gasteiger partial charge in [0.15, 0.2) is 0 Å². The monoisotopic (exact) mass is 199 g/mol. The topological polar surface area (TPSA) is 58.4 Å². The van der Waals surface area contributed by atoms with Gasteiger partial charge in [0.25, 0.3) is 0 Å². The molecule has 3 N–H and O–H groups in total. The van der Waals surface area contributed by atoms with Crippen molar-refractivity contribution in [2.45, 2.75) is 19.3 Å². The van der Waals surface area contributed by atoms with E-state index in [9.17, 15) is 4.79 Å². The molecule has 4 nitrogen and oxygen atoms in total. The number of likely N-dealkylation sites (tertiary alicyclic amines) is 1. The Balaban J connectivity index is 2.31. The van der Waals surface area contributed by atoms with Gasteiger partial charge >= 0.3 is 0 Å². The predicted octanol–water partition coefficient (Wildman–Crippen LogP) is -0.207. The van der Waals surface area contributed by atoms with E-state index in [1.54, 1.807) is 7.05 Å². The Morgan fingerprint density at radius 3 is 3.07 bits per heavy atom. The number of hydrogen-bond donors (Lipinski definition) is 2. The average molecular weight is 199 g/mol. The maximum atomic E-state index is 11.4. The highest BCUT2D eigenvalue weighted by Gasteiger charge is 2.24. The van der Waals surface area contributed by atoms with Gasteiger partial charge in [-0.1, -0.05) is 0 Å². The largest absolute Gasteiger partial charge is 0.359 e. The van der Waals surface area contributed by atoms with Crippen LogP contribution in [0.15, 0.2) is 0 Å². The van der Waals surface area contributed by atoms with Crippen molar-refractivity contribution in [2.24, 2.45) is 11.7 Å². The van der Waals surface area contributed by atoms with Crippen LogP contribution in [0.25, 0.3) is 0 Å². The lowest BCUT2D eigenvalue weighted by molar-refractivity contribution is -0.126. The molecule has 0 spiro atoms. The molecule has 1 fully saturated rings. The fourth-order valence-electron chi connectivity index (χ4n) is 1.99. The van der Waals surface area contributed by atoms with E-state index in [1.807, 2.05) is 0 Å². The summed E-state index contributed by atoms with van der Waals surface area (Å²) in [5.41, 5.74) is 5.46. The summed E-state index contributed by atoms with van der Waals surface area (Å²) in [5, 5.41) is 2.72. The van der Waals surface area contributed by atoms with E-state index in [-0.39, 0.29) is 11.8 Å². The van der Waals surface area contributed by atoms with Gasteiger partial charge in [-0.05, 0) is 38.9 Å². The molecule has 1 rings (SSSR count). The van der Waals surface area contributed by atoms with E-state index >= 15 is 0 Å². The molecule has 1 amide bonds. The van der Waals surface area contributed by atoms with Crippen LogP contribution in [-0.2, 0) is 4.79 Å². The lowest BCUT2D eigenvalue weighted by Crippen LogP contribution is -2.42. The summed E-state index contributed by atoms with van der Waals surface area (Å²) >= 11 is 0. The summed E-state index contributed by atoms with van der Waals surface area (Å²) in [5.74, 6) is 0.369. The Morgan fingerprint density at radius 2 is 2.43 bits per heavy atom. The summed E-state index contributed by atoms with van der Waals surface area (Å²) in [4.78, 5) is 13.8. The van der Waals surface area contributed by atoms with Crippen molar-refractivity contribution in [3.63, 3.8) is 0 Å². The van der Waals surface area contributed by atoms with Crippen molar-refractivity contribution in [2.75, 3.05) is 33.2 Å². The molecule has 0 aliphatic carbocycles. The number of rotatable bonds is 4. The third kappa shape index (κ3) is 3.27. The van der Waals surface area contributed by atoms with Gasteiger partial charge in [0.1, 0.15) is 0 Å². The highest BCUT2D eigenvalue weighted by Crippen LogP contribution is 2.16. The average Bonchev–Trinajstić information content (AvgIpc) is 2.25. The molecule has 82 valence electrons. The van der Waals surface area contributed by atoms with Crippen molar-refractivity contribution < 1.29 is 4.79 Å². The number of nitrogens with two attached hydrogens (primary N) is 1. The SMILES string of the molecule is CNC(=O)C1CCCN(CCCN)C1. The minimum atomic E-state index is 0.183. The second-order valence-corrected chi connectivity index (χ2v) is 3.90. The number of nitrogens with zero attached hydrogens (tertiary/aromatic N) is 1. The molecule has 0 radical (unpaired) electrons. The van der Waals surface area contributed by atoms with Crippen molar-refractivity contribution in [1.29, 1.82) is 0 Å². The first-order valence-corrected chi connectivity index (χ1v) is 5.42. The number of nitrogens with one attached hydrogen (secondary N) is 1. The zero-order valence-electron chi connectivity index (χ0n) is 8.96. The molecule has 1 aliphatic heterocycles. The van der Waals surface area contributed by atoms with Gasteiger partial charge in [-0.3, -0.25) is 4.79 Å². The quantitative estimate of drug-likeness (QED) is 0.659. The first kappa shape index (κ1) is 11.5. The van der Waals surface area contributed by atoms with Crippen LogP contribution in [0, 0.1) is 5.92 Å². The third-order valence-corrected chi connectivity index (χ3v) is 2.80. The summed E-state index contributed by atoms with van der Waals surface area (Å²) < 4.78 is 0. The number of carbonyl (C=O) groups is 1. The van der Waals surface area contributed by atoms with E-state index < -0.39 is 0 Å². The molecule has 0 aromatic heterocycles. The number of hydrogen-bond acceptors (Lipinski definition) is 3. The van der Waals surface area contributed by atoms with Gasteiger partial charge in [0.05, 0.1) is 5.92 Å². The van der Waals surface area contributed by atoms with Crippen LogP contribution >= 0.6 is 0 Å². The molecule has 4 heteroatoms. The van der Waals surface area contributed by atoms with E-state index in [2.05, 4.69) is 10.2 Å². The van der Waals surface area contributed by atoms with E-state index in [0.717, 1.165) is 45.4 Å². The maximum absolute atomic E-state index is 11.4. The van der Waals surface area contributed by atoms with Gasteiger partial charge in [-0.15, -0.1) is 0 Å². The summed E-state index contributed by atoms with van der Waals surface area (Å²) in [6, 6.07) is 0. The van der Waals surface area contributed by atoms with Crippen LogP contribution < -0.4 is 11.1 Å². The van der Waals surface area contributed by atoms with Gasteiger partial charge < -0.3 is 16.0 Å². The van der Waals surface area contributed by atoms with Crippen LogP contribution in [0.4, 0.5) is 0 Å². The molecule has 0 bridgehead atoms. The minimum absolute atomic E-state index is 0.183. The number of amides is 1. The smallest absolute Gasteiger partial charge is 0.224 e. The van der Waals surface area contributed by atoms with Gasteiger partial charge in [0.2, 0.25) is 5.91 Å². The Labute approximate surface area is 85.8 Å². The molecular formula is C10H21N3O. The molecule has 1 aliphatic rings. The Kier molecular flexibility index (Phi) is 4.90. The lowest BCUT2D eigenvalue weighted by atomic mass is 9.97. The predicted molar refractivity (Wildman–Crippen MR) is 56.9 cm³/mol. The number of carbonyl (C=O) groups excluding carboxylic acids is 1. The Hall–Kier alpha value is -0.610. The van der Waals surface area contributed by atoms with Gasteiger partial charge in [0, 0.05) is 13.6 Å². The third-order valence-electron chi connectivity index (χ3n) is 2.80. The highest BCUT2D eigenvalue weighted by molar-refractivity contribution is 5.78. The second kappa shape index (κ2) is 5.98. The van der Waals surface area contributed by atoms with E-state index in [4.69, 9.17) is 5.73 Å². The molecule has 0 aromatic rings. The summed E-state index contributed by atoms with van der Waals surface area (Å²) in [6.07, 6.45) is 3.18.